The first-order valence-corrected chi connectivity index (χ1v) is 8.79. The summed E-state index contributed by atoms with van der Waals surface area (Å²) in [5, 5.41) is 4.41. The molecule has 8 heteroatoms. The van der Waals surface area contributed by atoms with Crippen molar-refractivity contribution in [1.82, 2.24) is 9.97 Å². The SMILES string of the molecule is Cc1ncnc(NCc2ccc(Oc3c(Cl)cc(N)cc3Cl)cc2)c1Cl. The van der Waals surface area contributed by atoms with Crippen molar-refractivity contribution >= 4 is 46.3 Å². The Hall–Kier alpha value is -2.21. The van der Waals surface area contributed by atoms with E-state index in [9.17, 15) is 0 Å². The summed E-state index contributed by atoms with van der Waals surface area (Å²) in [6.45, 7) is 2.38. The van der Waals surface area contributed by atoms with Crippen LogP contribution in [0, 0.1) is 6.92 Å². The minimum Gasteiger partial charge on any atom is -0.454 e. The molecule has 0 bridgehead atoms. The van der Waals surface area contributed by atoms with Gasteiger partial charge in [0.15, 0.2) is 5.75 Å². The molecule has 0 fully saturated rings. The highest BCUT2D eigenvalue weighted by Crippen LogP contribution is 2.38. The van der Waals surface area contributed by atoms with Gasteiger partial charge in [-0.15, -0.1) is 0 Å². The van der Waals surface area contributed by atoms with Gasteiger partial charge in [-0.3, -0.25) is 0 Å². The Labute approximate surface area is 166 Å². The quantitative estimate of drug-likeness (QED) is 0.526. The maximum atomic E-state index is 6.17. The van der Waals surface area contributed by atoms with Gasteiger partial charge in [0.05, 0.1) is 15.7 Å². The van der Waals surface area contributed by atoms with E-state index in [1.54, 1.807) is 12.1 Å². The molecule has 26 heavy (non-hydrogen) atoms. The number of rotatable bonds is 5. The number of hydrogen-bond acceptors (Lipinski definition) is 5. The number of benzene rings is 2. The number of anilines is 2. The second-order valence-corrected chi connectivity index (χ2v) is 6.73. The van der Waals surface area contributed by atoms with Crippen LogP contribution in [0.5, 0.6) is 11.5 Å². The van der Waals surface area contributed by atoms with Crippen molar-refractivity contribution in [2.45, 2.75) is 13.5 Å². The number of nitrogens with zero attached hydrogens (tertiary/aromatic N) is 2. The van der Waals surface area contributed by atoms with Crippen LogP contribution in [0.3, 0.4) is 0 Å². The third-order valence-electron chi connectivity index (χ3n) is 3.59. The summed E-state index contributed by atoms with van der Waals surface area (Å²) in [6.07, 6.45) is 1.47. The van der Waals surface area contributed by atoms with Crippen molar-refractivity contribution in [2.75, 3.05) is 11.1 Å². The van der Waals surface area contributed by atoms with E-state index in [0.717, 1.165) is 11.3 Å². The topological polar surface area (TPSA) is 73.1 Å². The van der Waals surface area contributed by atoms with Crippen molar-refractivity contribution in [1.29, 1.82) is 0 Å². The lowest BCUT2D eigenvalue weighted by atomic mass is 10.2. The summed E-state index contributed by atoms with van der Waals surface area (Å²) in [5.41, 5.74) is 7.93. The fourth-order valence-electron chi connectivity index (χ4n) is 2.24. The van der Waals surface area contributed by atoms with Crippen LogP contribution in [-0.2, 0) is 6.54 Å². The second-order valence-electron chi connectivity index (χ2n) is 5.53. The molecule has 0 amide bonds. The lowest BCUT2D eigenvalue weighted by Crippen LogP contribution is -2.03. The number of aromatic nitrogens is 2. The minimum absolute atomic E-state index is 0.356. The molecule has 1 aromatic heterocycles. The predicted octanol–water partition coefficient (Wildman–Crippen LogP) is 5.73. The van der Waals surface area contributed by atoms with E-state index in [2.05, 4.69) is 15.3 Å². The van der Waals surface area contributed by atoms with Crippen LogP contribution in [-0.4, -0.2) is 9.97 Å². The Kier molecular flexibility index (Phi) is 5.71. The Morgan fingerprint density at radius 3 is 2.35 bits per heavy atom. The molecule has 0 aliphatic rings. The number of aryl methyl sites for hydroxylation is 1. The Balaban J connectivity index is 1.68. The van der Waals surface area contributed by atoms with Crippen LogP contribution in [0.1, 0.15) is 11.3 Å². The zero-order valence-electron chi connectivity index (χ0n) is 13.8. The summed E-state index contributed by atoms with van der Waals surface area (Å²) in [7, 11) is 0. The van der Waals surface area contributed by atoms with Crippen molar-refractivity contribution in [3.63, 3.8) is 0 Å². The molecule has 0 spiro atoms. The maximum absolute atomic E-state index is 6.17. The van der Waals surface area contributed by atoms with Gasteiger partial charge in [-0.05, 0) is 36.8 Å². The average molecular weight is 410 g/mol. The summed E-state index contributed by atoms with van der Waals surface area (Å²) >= 11 is 18.4. The van der Waals surface area contributed by atoms with Gasteiger partial charge in [0.25, 0.3) is 0 Å². The zero-order chi connectivity index (χ0) is 18.7. The smallest absolute Gasteiger partial charge is 0.164 e. The fourth-order valence-corrected chi connectivity index (χ4v) is 2.98. The van der Waals surface area contributed by atoms with Crippen molar-refractivity contribution in [3.8, 4) is 11.5 Å². The second kappa shape index (κ2) is 7.99. The molecule has 0 unspecified atom stereocenters. The first kappa shape index (κ1) is 18.6. The van der Waals surface area contributed by atoms with Gasteiger partial charge < -0.3 is 15.8 Å². The average Bonchev–Trinajstić information content (AvgIpc) is 2.60. The van der Waals surface area contributed by atoms with E-state index in [0.29, 0.717) is 44.6 Å². The van der Waals surface area contributed by atoms with E-state index >= 15 is 0 Å². The van der Waals surface area contributed by atoms with Crippen molar-refractivity contribution < 1.29 is 4.74 Å². The molecular weight excluding hydrogens is 395 g/mol. The first-order chi connectivity index (χ1) is 12.4. The van der Waals surface area contributed by atoms with Gasteiger partial charge in [0.1, 0.15) is 22.9 Å². The van der Waals surface area contributed by atoms with E-state index in [1.807, 2.05) is 31.2 Å². The molecule has 0 radical (unpaired) electrons. The standard InChI is InChI=1S/C18H15Cl3N4O/c1-10-16(21)18(25-9-24-10)23-8-11-2-4-13(5-3-11)26-17-14(19)6-12(22)7-15(17)20/h2-7,9H,8,22H2,1H3,(H,23,24,25). The molecule has 0 saturated carbocycles. The normalized spacial score (nSPS) is 10.6. The van der Waals surface area contributed by atoms with Gasteiger partial charge >= 0.3 is 0 Å². The fraction of sp³-hybridized carbons (Fsp3) is 0.111. The molecule has 134 valence electrons. The van der Waals surface area contributed by atoms with E-state index < -0.39 is 0 Å². The molecule has 0 aliphatic heterocycles. The molecule has 0 aliphatic carbocycles. The third kappa shape index (κ3) is 4.30. The van der Waals surface area contributed by atoms with Crippen LogP contribution < -0.4 is 15.8 Å². The third-order valence-corrected chi connectivity index (χ3v) is 4.60. The van der Waals surface area contributed by atoms with E-state index in [4.69, 9.17) is 45.3 Å². The van der Waals surface area contributed by atoms with Gasteiger partial charge in [-0.25, -0.2) is 9.97 Å². The van der Waals surface area contributed by atoms with Gasteiger partial charge in [0.2, 0.25) is 0 Å². The van der Waals surface area contributed by atoms with Crippen molar-refractivity contribution in [2.24, 2.45) is 0 Å². The van der Waals surface area contributed by atoms with Gasteiger partial charge in [-0.1, -0.05) is 46.9 Å². The zero-order valence-corrected chi connectivity index (χ0v) is 16.0. The number of nitrogens with two attached hydrogens (primary N) is 1. The largest absolute Gasteiger partial charge is 0.454 e. The lowest BCUT2D eigenvalue weighted by Gasteiger charge is -2.11. The molecule has 5 nitrogen and oxygen atoms in total. The molecule has 2 aromatic carbocycles. The summed E-state index contributed by atoms with van der Waals surface area (Å²) in [5.74, 6) is 1.58. The lowest BCUT2D eigenvalue weighted by molar-refractivity contribution is 0.483. The molecule has 3 N–H and O–H groups in total. The van der Waals surface area contributed by atoms with Crippen LogP contribution in [0.4, 0.5) is 11.5 Å². The molecule has 0 saturated heterocycles. The highest BCUT2D eigenvalue weighted by Gasteiger charge is 2.10. The van der Waals surface area contributed by atoms with Crippen LogP contribution in [0.15, 0.2) is 42.7 Å². The molecule has 3 aromatic rings. The molecule has 3 rings (SSSR count). The Bertz CT molecular complexity index is 909. The van der Waals surface area contributed by atoms with Crippen LogP contribution in [0.2, 0.25) is 15.1 Å². The highest BCUT2D eigenvalue weighted by atomic mass is 35.5. The number of hydrogen-bond donors (Lipinski definition) is 2. The Morgan fingerprint density at radius 2 is 1.69 bits per heavy atom. The predicted molar refractivity (Wildman–Crippen MR) is 106 cm³/mol. The highest BCUT2D eigenvalue weighted by molar-refractivity contribution is 6.37. The molecule has 0 atom stereocenters. The van der Waals surface area contributed by atoms with Gasteiger partial charge in [0, 0.05) is 12.2 Å². The van der Waals surface area contributed by atoms with E-state index in [1.165, 1.54) is 6.33 Å². The number of halogens is 3. The van der Waals surface area contributed by atoms with Crippen LogP contribution in [0.25, 0.3) is 0 Å². The summed E-state index contributed by atoms with van der Waals surface area (Å²) in [4.78, 5) is 8.17. The number of ether oxygens (including phenoxy) is 1. The molecule has 1 heterocycles. The number of nitrogens with one attached hydrogen (secondary N) is 1. The first-order valence-electron chi connectivity index (χ1n) is 7.66. The minimum atomic E-state index is 0.356. The van der Waals surface area contributed by atoms with Crippen molar-refractivity contribution in [3.05, 3.63) is 69.1 Å². The van der Waals surface area contributed by atoms with Crippen LogP contribution >= 0.6 is 34.8 Å². The monoisotopic (exact) mass is 408 g/mol. The van der Waals surface area contributed by atoms with E-state index in [-0.39, 0.29) is 0 Å². The number of nitrogen functional groups attached to an aromatic ring is 1. The maximum Gasteiger partial charge on any atom is 0.164 e. The Morgan fingerprint density at radius 1 is 1.04 bits per heavy atom. The summed E-state index contributed by atoms with van der Waals surface area (Å²) < 4.78 is 5.77. The summed E-state index contributed by atoms with van der Waals surface area (Å²) in [6, 6.07) is 10.7. The molecular formula is C18H15Cl3N4O. The van der Waals surface area contributed by atoms with Gasteiger partial charge in [-0.2, -0.15) is 0 Å².